The second-order valence-corrected chi connectivity index (χ2v) is 5.59. The van der Waals surface area contributed by atoms with Crippen LogP contribution in [0, 0.1) is 0 Å². The van der Waals surface area contributed by atoms with E-state index in [-0.39, 0.29) is 0 Å². The number of hydrogen-bond donors (Lipinski definition) is 0. The molecule has 0 spiro atoms. The molecule has 4 rings (SSSR count). The highest BCUT2D eigenvalue weighted by Crippen LogP contribution is 2.32. The van der Waals surface area contributed by atoms with Crippen molar-refractivity contribution in [3.63, 3.8) is 0 Å². The van der Waals surface area contributed by atoms with Crippen LogP contribution in [-0.2, 0) is 0 Å². The molecular weight excluding hydrogens is 284 g/mol. The van der Waals surface area contributed by atoms with Gasteiger partial charge in [-0.05, 0) is 37.6 Å². The molecule has 23 heavy (non-hydrogen) atoms. The van der Waals surface area contributed by atoms with Crippen molar-refractivity contribution in [2.45, 2.75) is 13.8 Å². The van der Waals surface area contributed by atoms with E-state index in [1.165, 1.54) is 0 Å². The van der Waals surface area contributed by atoms with Crippen molar-refractivity contribution in [1.29, 1.82) is 0 Å². The van der Waals surface area contributed by atoms with Crippen molar-refractivity contribution in [3.8, 4) is 0 Å². The zero-order valence-electron chi connectivity index (χ0n) is 13.3. The van der Waals surface area contributed by atoms with E-state index in [9.17, 15) is 0 Å². The van der Waals surface area contributed by atoms with Crippen LogP contribution >= 0.6 is 0 Å². The maximum atomic E-state index is 4.82. The number of benzene rings is 2. The summed E-state index contributed by atoms with van der Waals surface area (Å²) in [5.41, 5.74) is 5.31. The minimum absolute atomic E-state index is 0.774. The van der Waals surface area contributed by atoms with Crippen LogP contribution in [0.3, 0.4) is 0 Å². The largest absolute Gasteiger partial charge is 0.277 e. The molecule has 4 nitrogen and oxygen atoms in total. The molecule has 0 fully saturated rings. The zero-order chi connectivity index (χ0) is 15.8. The number of hydrogen-bond acceptors (Lipinski definition) is 3. The number of hydrazone groups is 1. The van der Waals surface area contributed by atoms with Crippen molar-refractivity contribution >= 4 is 28.4 Å². The molecule has 114 valence electrons. The second kappa shape index (κ2) is 5.39. The first-order valence-corrected chi connectivity index (χ1v) is 7.85. The molecule has 0 radical (unpaired) electrons. The monoisotopic (exact) mass is 302 g/mol. The molecule has 3 aromatic rings. The van der Waals surface area contributed by atoms with E-state index in [0.717, 1.165) is 40.5 Å². The van der Waals surface area contributed by atoms with Gasteiger partial charge >= 0.3 is 0 Å². The van der Waals surface area contributed by atoms with E-state index in [1.807, 2.05) is 30.1 Å². The highest BCUT2D eigenvalue weighted by atomic mass is 15.5. The Morgan fingerprint density at radius 3 is 2.48 bits per heavy atom. The predicted octanol–water partition coefficient (Wildman–Crippen LogP) is 4.14. The Labute approximate surface area is 135 Å². The normalized spacial score (nSPS) is 14.3. The first kappa shape index (κ1) is 13.8. The third kappa shape index (κ3) is 2.23. The van der Waals surface area contributed by atoms with Crippen molar-refractivity contribution in [1.82, 2.24) is 9.55 Å². The smallest absolute Gasteiger partial charge is 0.232 e. The molecule has 0 atom stereocenters. The van der Waals surface area contributed by atoms with Gasteiger partial charge in [0.25, 0.3) is 0 Å². The van der Waals surface area contributed by atoms with Crippen molar-refractivity contribution in [2.24, 2.45) is 5.10 Å². The lowest BCUT2D eigenvalue weighted by Gasteiger charge is -2.17. The van der Waals surface area contributed by atoms with Crippen LogP contribution in [0.15, 0.2) is 65.8 Å². The van der Waals surface area contributed by atoms with Gasteiger partial charge in [0.05, 0.1) is 22.4 Å². The second-order valence-electron chi connectivity index (χ2n) is 5.59. The number of imidazole rings is 1. The van der Waals surface area contributed by atoms with Gasteiger partial charge in [0.2, 0.25) is 5.95 Å². The maximum absolute atomic E-state index is 4.82. The van der Waals surface area contributed by atoms with Gasteiger partial charge in [-0.3, -0.25) is 4.57 Å². The average molecular weight is 302 g/mol. The van der Waals surface area contributed by atoms with E-state index >= 15 is 0 Å². The Kier molecular flexibility index (Phi) is 3.23. The van der Waals surface area contributed by atoms with Crippen molar-refractivity contribution in [3.05, 3.63) is 66.2 Å². The van der Waals surface area contributed by atoms with Gasteiger partial charge < -0.3 is 0 Å². The highest BCUT2D eigenvalue weighted by molar-refractivity contribution is 6.02. The summed E-state index contributed by atoms with van der Waals surface area (Å²) in [6.45, 7) is 4.89. The lowest BCUT2D eigenvalue weighted by atomic mass is 10.1. The fourth-order valence-electron chi connectivity index (χ4n) is 2.98. The van der Waals surface area contributed by atoms with Crippen LogP contribution in [-0.4, -0.2) is 21.8 Å². The molecule has 0 bridgehead atoms. The van der Waals surface area contributed by atoms with Gasteiger partial charge in [-0.1, -0.05) is 42.5 Å². The Bertz CT molecular complexity index is 919. The summed E-state index contributed by atoms with van der Waals surface area (Å²) in [6.07, 6.45) is 2.13. The van der Waals surface area contributed by atoms with E-state index in [1.54, 1.807) is 0 Å². The van der Waals surface area contributed by atoms with Gasteiger partial charge in [-0.2, -0.15) is 5.10 Å². The third-order valence-corrected chi connectivity index (χ3v) is 4.01. The molecule has 0 N–H and O–H groups in total. The van der Waals surface area contributed by atoms with E-state index in [2.05, 4.69) is 54.0 Å². The summed E-state index contributed by atoms with van der Waals surface area (Å²) in [6, 6.07) is 18.6. The highest BCUT2D eigenvalue weighted by Gasteiger charge is 2.21. The minimum Gasteiger partial charge on any atom is -0.277 e. The van der Waals surface area contributed by atoms with Crippen LogP contribution in [0.2, 0.25) is 0 Å². The number of aromatic nitrogens is 2. The number of allylic oxidation sites excluding steroid dienone is 1. The standard InChI is InChI=1S/C19H18N4/c1-3-22-19-20-16-11-7-8-12-17(16)23(19)18(13-14(2)21-22)15-9-5-4-6-10-15/h4-13H,3H2,1-2H3. The Hall–Kier alpha value is -2.88. The maximum Gasteiger partial charge on any atom is 0.232 e. The summed E-state index contributed by atoms with van der Waals surface area (Å²) in [4.78, 5) is 4.82. The number of anilines is 1. The molecule has 1 aromatic heterocycles. The lowest BCUT2D eigenvalue weighted by Crippen LogP contribution is -2.19. The van der Waals surface area contributed by atoms with Crippen LogP contribution in [0.5, 0.6) is 0 Å². The Morgan fingerprint density at radius 2 is 1.70 bits per heavy atom. The molecule has 2 heterocycles. The fraction of sp³-hybridized carbons (Fsp3) is 0.158. The van der Waals surface area contributed by atoms with Crippen LogP contribution in [0.25, 0.3) is 16.7 Å². The summed E-state index contributed by atoms with van der Waals surface area (Å²) >= 11 is 0. The topological polar surface area (TPSA) is 33.4 Å². The quantitative estimate of drug-likeness (QED) is 0.713. The summed E-state index contributed by atoms with van der Waals surface area (Å²) in [7, 11) is 0. The number of para-hydroxylation sites is 2. The summed E-state index contributed by atoms with van der Waals surface area (Å²) in [5.74, 6) is 0.862. The number of nitrogens with zero attached hydrogens (tertiary/aromatic N) is 4. The number of rotatable bonds is 2. The number of fused-ring (bicyclic) bond motifs is 3. The first-order valence-electron chi connectivity index (χ1n) is 7.85. The van der Waals surface area contributed by atoms with Crippen molar-refractivity contribution in [2.75, 3.05) is 11.6 Å². The molecule has 4 heteroatoms. The zero-order valence-corrected chi connectivity index (χ0v) is 13.3. The van der Waals surface area contributed by atoms with E-state index in [0.29, 0.717) is 0 Å². The van der Waals surface area contributed by atoms with Gasteiger partial charge in [-0.25, -0.2) is 9.99 Å². The first-order chi connectivity index (χ1) is 11.3. The van der Waals surface area contributed by atoms with E-state index in [4.69, 9.17) is 10.1 Å². The molecule has 1 aliphatic heterocycles. The molecule has 0 saturated heterocycles. The van der Waals surface area contributed by atoms with Crippen LogP contribution in [0.1, 0.15) is 19.4 Å². The third-order valence-electron chi connectivity index (χ3n) is 4.01. The Balaban J connectivity index is 2.06. The van der Waals surface area contributed by atoms with Crippen LogP contribution in [0.4, 0.5) is 5.95 Å². The molecule has 0 unspecified atom stereocenters. The molecule has 2 aromatic carbocycles. The van der Waals surface area contributed by atoms with Gasteiger partial charge in [-0.15, -0.1) is 0 Å². The van der Waals surface area contributed by atoms with E-state index < -0.39 is 0 Å². The molecule has 0 aliphatic carbocycles. The molecule has 0 amide bonds. The summed E-state index contributed by atoms with van der Waals surface area (Å²) < 4.78 is 2.20. The fourth-order valence-corrected chi connectivity index (χ4v) is 2.98. The lowest BCUT2D eigenvalue weighted by molar-refractivity contribution is 0.840. The minimum atomic E-state index is 0.774. The predicted molar refractivity (Wildman–Crippen MR) is 95.7 cm³/mol. The summed E-state index contributed by atoms with van der Waals surface area (Å²) in [5, 5.41) is 6.66. The molecular formula is C19H18N4. The van der Waals surface area contributed by atoms with Gasteiger partial charge in [0.15, 0.2) is 0 Å². The molecule has 1 aliphatic rings. The molecule has 0 saturated carbocycles. The Morgan fingerprint density at radius 1 is 0.957 bits per heavy atom. The van der Waals surface area contributed by atoms with Crippen LogP contribution < -0.4 is 5.01 Å². The van der Waals surface area contributed by atoms with Crippen molar-refractivity contribution < 1.29 is 0 Å². The van der Waals surface area contributed by atoms with Gasteiger partial charge in [0, 0.05) is 6.54 Å². The SMILES string of the molecule is CCN1N=C(C)C=C(c2ccccc2)n2c1nc1ccccc12. The average Bonchev–Trinajstić information content (AvgIpc) is 2.91. The van der Waals surface area contributed by atoms with Gasteiger partial charge in [0.1, 0.15) is 0 Å².